The molecule has 2 aromatic carbocycles. The number of carbonyl (C=O) groups excluding carboxylic acids is 2. The SMILES string of the molecule is O=CNc1ccccc1C(=O)Oc1ccc([N+](=O)[O-])cc1. The predicted molar refractivity (Wildman–Crippen MR) is 74.2 cm³/mol. The first-order valence-corrected chi connectivity index (χ1v) is 5.87. The first kappa shape index (κ1) is 14.2. The maximum atomic E-state index is 12.0. The molecule has 1 amide bonds. The van der Waals surface area contributed by atoms with Crippen LogP contribution in [0.3, 0.4) is 0 Å². The highest BCUT2D eigenvalue weighted by Crippen LogP contribution is 2.20. The zero-order valence-corrected chi connectivity index (χ0v) is 10.7. The molecular weight excluding hydrogens is 276 g/mol. The van der Waals surface area contributed by atoms with Gasteiger partial charge in [0.2, 0.25) is 6.41 Å². The minimum atomic E-state index is -0.672. The number of nitrogens with one attached hydrogen (secondary N) is 1. The Bertz CT molecular complexity index is 682. The largest absolute Gasteiger partial charge is 0.423 e. The van der Waals surface area contributed by atoms with E-state index in [-0.39, 0.29) is 17.0 Å². The van der Waals surface area contributed by atoms with Gasteiger partial charge in [-0.1, -0.05) is 12.1 Å². The van der Waals surface area contributed by atoms with Gasteiger partial charge < -0.3 is 10.1 Å². The number of benzene rings is 2. The van der Waals surface area contributed by atoms with Gasteiger partial charge in [0.05, 0.1) is 16.2 Å². The van der Waals surface area contributed by atoms with Crippen LogP contribution in [-0.2, 0) is 4.79 Å². The average Bonchev–Trinajstić information content (AvgIpc) is 2.48. The minimum Gasteiger partial charge on any atom is -0.423 e. The molecule has 0 aliphatic carbocycles. The number of carbonyl (C=O) groups is 2. The average molecular weight is 286 g/mol. The molecule has 0 radical (unpaired) electrons. The summed E-state index contributed by atoms with van der Waals surface area (Å²) in [5.74, 6) is -0.500. The molecule has 0 fully saturated rings. The molecule has 106 valence electrons. The summed E-state index contributed by atoms with van der Waals surface area (Å²) in [5.41, 5.74) is 0.403. The van der Waals surface area contributed by atoms with Gasteiger partial charge in [0, 0.05) is 12.1 Å². The topological polar surface area (TPSA) is 98.5 Å². The third-order valence-electron chi connectivity index (χ3n) is 2.62. The summed E-state index contributed by atoms with van der Waals surface area (Å²) in [4.78, 5) is 32.5. The third-order valence-corrected chi connectivity index (χ3v) is 2.62. The second-order valence-electron chi connectivity index (χ2n) is 3.95. The van der Waals surface area contributed by atoms with Gasteiger partial charge in [0.15, 0.2) is 0 Å². The lowest BCUT2D eigenvalue weighted by atomic mass is 10.2. The molecule has 0 aliphatic rings. The first-order valence-electron chi connectivity index (χ1n) is 5.87. The first-order chi connectivity index (χ1) is 10.1. The number of anilines is 1. The molecule has 0 aromatic heterocycles. The summed E-state index contributed by atoms with van der Waals surface area (Å²) in [6.45, 7) is 0. The number of esters is 1. The Kier molecular flexibility index (Phi) is 4.25. The van der Waals surface area contributed by atoms with Crippen LogP contribution in [0.5, 0.6) is 5.75 Å². The Morgan fingerprint density at radius 3 is 2.43 bits per heavy atom. The minimum absolute atomic E-state index is 0.0992. The Labute approximate surface area is 119 Å². The number of non-ortho nitro benzene ring substituents is 1. The quantitative estimate of drug-likeness (QED) is 0.299. The Morgan fingerprint density at radius 2 is 1.81 bits per heavy atom. The molecule has 1 N–H and O–H groups in total. The van der Waals surface area contributed by atoms with Gasteiger partial charge in [-0.3, -0.25) is 14.9 Å². The van der Waals surface area contributed by atoms with Gasteiger partial charge in [0.1, 0.15) is 5.75 Å². The van der Waals surface area contributed by atoms with Crippen molar-refractivity contribution in [2.75, 3.05) is 5.32 Å². The summed E-state index contributed by atoms with van der Waals surface area (Å²) < 4.78 is 5.10. The highest BCUT2D eigenvalue weighted by molar-refractivity contribution is 5.98. The lowest BCUT2D eigenvalue weighted by molar-refractivity contribution is -0.384. The van der Waals surface area contributed by atoms with Gasteiger partial charge in [-0.05, 0) is 24.3 Å². The van der Waals surface area contributed by atoms with Crippen LogP contribution in [0.2, 0.25) is 0 Å². The van der Waals surface area contributed by atoms with Crippen LogP contribution in [0.1, 0.15) is 10.4 Å². The molecule has 7 nitrogen and oxygen atoms in total. The molecule has 2 rings (SSSR count). The molecule has 7 heteroatoms. The van der Waals surface area contributed by atoms with E-state index in [0.29, 0.717) is 12.1 Å². The van der Waals surface area contributed by atoms with E-state index < -0.39 is 10.9 Å². The third kappa shape index (κ3) is 3.41. The maximum Gasteiger partial charge on any atom is 0.345 e. The fourth-order valence-electron chi connectivity index (χ4n) is 1.65. The number of hydrogen-bond acceptors (Lipinski definition) is 5. The lowest BCUT2D eigenvalue weighted by Gasteiger charge is -2.08. The van der Waals surface area contributed by atoms with Crippen molar-refractivity contribution in [3.8, 4) is 5.75 Å². The lowest BCUT2D eigenvalue weighted by Crippen LogP contribution is -2.11. The number of rotatable bonds is 5. The van der Waals surface area contributed by atoms with Crippen molar-refractivity contribution in [2.45, 2.75) is 0 Å². The van der Waals surface area contributed by atoms with E-state index in [1.807, 2.05) is 0 Å². The van der Waals surface area contributed by atoms with Gasteiger partial charge in [-0.25, -0.2) is 4.79 Å². The van der Waals surface area contributed by atoms with Crippen LogP contribution in [-0.4, -0.2) is 17.3 Å². The number of nitrogens with zero attached hydrogens (tertiary/aromatic N) is 1. The molecule has 0 spiro atoms. The number of para-hydroxylation sites is 1. The van der Waals surface area contributed by atoms with Crippen molar-refractivity contribution in [1.29, 1.82) is 0 Å². The molecule has 0 heterocycles. The normalized spacial score (nSPS) is 9.71. The van der Waals surface area contributed by atoms with E-state index in [2.05, 4.69) is 5.32 Å². The van der Waals surface area contributed by atoms with Crippen molar-refractivity contribution in [3.63, 3.8) is 0 Å². The molecular formula is C14H10N2O5. The summed E-state index contributed by atoms with van der Waals surface area (Å²) in [6, 6.07) is 11.5. The van der Waals surface area contributed by atoms with E-state index in [1.54, 1.807) is 18.2 Å². The molecule has 0 saturated heterocycles. The molecule has 0 unspecified atom stereocenters. The van der Waals surface area contributed by atoms with Crippen LogP contribution in [0.15, 0.2) is 48.5 Å². The molecule has 0 saturated carbocycles. The fourth-order valence-corrected chi connectivity index (χ4v) is 1.65. The van der Waals surface area contributed by atoms with Gasteiger partial charge in [-0.2, -0.15) is 0 Å². The monoisotopic (exact) mass is 286 g/mol. The van der Waals surface area contributed by atoms with Gasteiger partial charge >= 0.3 is 5.97 Å². The zero-order valence-electron chi connectivity index (χ0n) is 10.7. The molecule has 21 heavy (non-hydrogen) atoms. The van der Waals surface area contributed by atoms with Crippen molar-refractivity contribution < 1.29 is 19.2 Å². The molecule has 0 aliphatic heterocycles. The molecule has 0 bridgehead atoms. The summed E-state index contributed by atoms with van der Waals surface area (Å²) >= 11 is 0. The van der Waals surface area contributed by atoms with E-state index in [1.165, 1.54) is 30.3 Å². The van der Waals surface area contributed by atoms with E-state index >= 15 is 0 Å². The van der Waals surface area contributed by atoms with Gasteiger partial charge in [-0.15, -0.1) is 0 Å². The molecule has 2 aromatic rings. The standard InChI is InChI=1S/C14H10N2O5/c17-9-15-13-4-2-1-3-12(13)14(18)21-11-7-5-10(6-8-11)16(19)20/h1-9H,(H,15,17). The smallest absolute Gasteiger partial charge is 0.345 e. The highest BCUT2D eigenvalue weighted by Gasteiger charge is 2.14. The second-order valence-corrected chi connectivity index (χ2v) is 3.95. The Balaban J connectivity index is 2.18. The highest BCUT2D eigenvalue weighted by atomic mass is 16.6. The predicted octanol–water partition coefficient (Wildman–Crippen LogP) is 2.38. The van der Waals surface area contributed by atoms with E-state index in [9.17, 15) is 19.7 Å². The second kappa shape index (κ2) is 6.29. The van der Waals surface area contributed by atoms with Gasteiger partial charge in [0.25, 0.3) is 5.69 Å². The maximum absolute atomic E-state index is 12.0. The molecule has 0 atom stereocenters. The number of ether oxygens (including phenoxy) is 1. The van der Waals surface area contributed by atoms with Crippen LogP contribution in [0, 0.1) is 10.1 Å². The van der Waals surface area contributed by atoms with Crippen LogP contribution < -0.4 is 10.1 Å². The number of nitro groups is 1. The Hall–Kier alpha value is -3.22. The summed E-state index contributed by atoms with van der Waals surface area (Å²) in [5, 5.41) is 12.9. The van der Waals surface area contributed by atoms with Crippen LogP contribution >= 0.6 is 0 Å². The van der Waals surface area contributed by atoms with Crippen molar-refractivity contribution in [3.05, 3.63) is 64.2 Å². The van der Waals surface area contributed by atoms with Crippen molar-refractivity contribution >= 4 is 23.8 Å². The van der Waals surface area contributed by atoms with Crippen molar-refractivity contribution in [2.24, 2.45) is 0 Å². The van der Waals surface area contributed by atoms with E-state index in [4.69, 9.17) is 4.74 Å². The van der Waals surface area contributed by atoms with Crippen LogP contribution in [0.25, 0.3) is 0 Å². The zero-order chi connectivity index (χ0) is 15.2. The summed E-state index contributed by atoms with van der Waals surface area (Å²) in [6.07, 6.45) is 0.456. The Morgan fingerprint density at radius 1 is 1.14 bits per heavy atom. The van der Waals surface area contributed by atoms with Crippen LogP contribution in [0.4, 0.5) is 11.4 Å². The van der Waals surface area contributed by atoms with Crippen molar-refractivity contribution in [1.82, 2.24) is 0 Å². The summed E-state index contributed by atoms with van der Waals surface area (Å²) in [7, 11) is 0. The number of nitro benzene ring substituents is 1. The fraction of sp³-hybridized carbons (Fsp3) is 0. The number of amides is 1. The number of hydrogen-bond donors (Lipinski definition) is 1. The van der Waals surface area contributed by atoms with E-state index in [0.717, 1.165) is 0 Å².